The summed E-state index contributed by atoms with van der Waals surface area (Å²) in [4.78, 5) is 2.41. The van der Waals surface area contributed by atoms with E-state index in [1.807, 2.05) is 0 Å². The summed E-state index contributed by atoms with van der Waals surface area (Å²) in [6, 6.07) is 5.92. The van der Waals surface area contributed by atoms with Gasteiger partial charge in [0, 0.05) is 45.4 Å². The second-order valence-electron chi connectivity index (χ2n) is 6.30. The van der Waals surface area contributed by atoms with E-state index in [4.69, 9.17) is 4.74 Å². The quantitative estimate of drug-likeness (QED) is 0.923. The molecule has 2 heterocycles. The van der Waals surface area contributed by atoms with Crippen molar-refractivity contribution in [2.24, 2.45) is 5.92 Å². The molecule has 2 aliphatic rings. The molecule has 1 aromatic carbocycles. The molecule has 1 atom stereocenters. The molecule has 0 unspecified atom stereocenters. The highest BCUT2D eigenvalue weighted by Gasteiger charge is 2.33. The highest BCUT2D eigenvalue weighted by molar-refractivity contribution is 5.27. The van der Waals surface area contributed by atoms with E-state index in [0.717, 1.165) is 57.8 Å². The van der Waals surface area contributed by atoms with Crippen LogP contribution in [-0.2, 0) is 10.9 Å². The van der Waals surface area contributed by atoms with Crippen LogP contribution in [0.25, 0.3) is 0 Å². The molecule has 2 fully saturated rings. The minimum Gasteiger partial charge on any atom is -0.381 e. The number of halogens is 3. The van der Waals surface area contributed by atoms with E-state index >= 15 is 0 Å². The fourth-order valence-electron chi connectivity index (χ4n) is 3.64. The van der Waals surface area contributed by atoms with Gasteiger partial charge in [-0.1, -0.05) is 12.1 Å². The fourth-order valence-corrected chi connectivity index (χ4v) is 3.64. The van der Waals surface area contributed by atoms with Crippen LogP contribution in [0.2, 0.25) is 0 Å². The molecule has 6 heteroatoms. The van der Waals surface area contributed by atoms with Gasteiger partial charge in [0.1, 0.15) is 0 Å². The first-order valence-electron chi connectivity index (χ1n) is 8.25. The van der Waals surface area contributed by atoms with E-state index in [1.54, 1.807) is 12.1 Å². The van der Waals surface area contributed by atoms with Crippen LogP contribution in [0.3, 0.4) is 0 Å². The number of benzene rings is 1. The molecule has 1 aromatic rings. The molecule has 0 bridgehead atoms. The lowest BCUT2D eigenvalue weighted by molar-refractivity contribution is -0.137. The van der Waals surface area contributed by atoms with Crippen molar-refractivity contribution in [2.45, 2.75) is 25.1 Å². The lowest BCUT2D eigenvalue weighted by Gasteiger charge is -2.41. The third-order valence-electron chi connectivity index (χ3n) is 4.84. The van der Waals surface area contributed by atoms with Crippen molar-refractivity contribution in [1.82, 2.24) is 10.2 Å². The van der Waals surface area contributed by atoms with Crippen molar-refractivity contribution in [2.75, 3.05) is 39.4 Å². The summed E-state index contributed by atoms with van der Waals surface area (Å²) in [5.74, 6) is 0.443. The average molecular weight is 328 g/mol. The molecule has 0 spiro atoms. The van der Waals surface area contributed by atoms with Gasteiger partial charge >= 0.3 is 6.18 Å². The molecule has 3 rings (SSSR count). The van der Waals surface area contributed by atoms with Gasteiger partial charge in [-0.3, -0.25) is 4.90 Å². The van der Waals surface area contributed by atoms with Gasteiger partial charge < -0.3 is 10.1 Å². The second-order valence-corrected chi connectivity index (χ2v) is 6.30. The Hall–Kier alpha value is -1.11. The van der Waals surface area contributed by atoms with Gasteiger partial charge in [0.05, 0.1) is 5.56 Å². The van der Waals surface area contributed by atoms with Gasteiger partial charge in [-0.15, -0.1) is 0 Å². The highest BCUT2D eigenvalue weighted by atomic mass is 19.4. The van der Waals surface area contributed by atoms with E-state index in [2.05, 4.69) is 10.2 Å². The molecular weight excluding hydrogens is 305 g/mol. The molecule has 2 saturated heterocycles. The minimum atomic E-state index is -4.28. The number of nitrogens with one attached hydrogen (secondary N) is 1. The summed E-state index contributed by atoms with van der Waals surface area (Å²) in [6.07, 6.45) is -2.34. The zero-order valence-electron chi connectivity index (χ0n) is 13.1. The summed E-state index contributed by atoms with van der Waals surface area (Å²) in [5, 5.41) is 3.34. The van der Waals surface area contributed by atoms with Gasteiger partial charge in [0.15, 0.2) is 0 Å². The molecule has 23 heavy (non-hydrogen) atoms. The largest absolute Gasteiger partial charge is 0.416 e. The van der Waals surface area contributed by atoms with Gasteiger partial charge in [-0.25, -0.2) is 0 Å². The zero-order chi connectivity index (χ0) is 16.3. The number of hydrogen-bond donors (Lipinski definition) is 1. The zero-order valence-corrected chi connectivity index (χ0v) is 13.1. The van der Waals surface area contributed by atoms with E-state index in [1.165, 1.54) is 12.1 Å². The minimum absolute atomic E-state index is 0.184. The first kappa shape index (κ1) is 16.7. The third kappa shape index (κ3) is 4.05. The van der Waals surface area contributed by atoms with Crippen molar-refractivity contribution in [1.29, 1.82) is 0 Å². The SMILES string of the molecule is FC(F)(F)c1ccc([C@H](C2CCOCC2)N2CCNCC2)cc1. The van der Waals surface area contributed by atoms with Crippen molar-refractivity contribution in [3.8, 4) is 0 Å². The van der Waals surface area contributed by atoms with Crippen LogP contribution in [0.4, 0.5) is 13.2 Å². The number of rotatable bonds is 3. The molecule has 0 saturated carbocycles. The summed E-state index contributed by atoms with van der Waals surface area (Å²) in [5.41, 5.74) is 0.416. The Labute approximate surface area is 134 Å². The number of hydrogen-bond acceptors (Lipinski definition) is 3. The van der Waals surface area contributed by atoms with Crippen molar-refractivity contribution >= 4 is 0 Å². The maximum atomic E-state index is 12.8. The van der Waals surface area contributed by atoms with Crippen molar-refractivity contribution in [3.63, 3.8) is 0 Å². The van der Waals surface area contributed by atoms with Crippen LogP contribution in [0, 0.1) is 5.92 Å². The van der Waals surface area contributed by atoms with Crippen LogP contribution >= 0.6 is 0 Å². The Bertz CT molecular complexity index is 474. The normalized spacial score (nSPS) is 22.9. The maximum absolute atomic E-state index is 12.8. The fraction of sp³-hybridized carbons (Fsp3) is 0.647. The molecule has 1 N–H and O–H groups in total. The molecule has 0 aromatic heterocycles. The molecule has 0 amide bonds. The van der Waals surface area contributed by atoms with Crippen LogP contribution in [-0.4, -0.2) is 44.3 Å². The summed E-state index contributed by atoms with van der Waals surface area (Å²) >= 11 is 0. The Balaban J connectivity index is 1.84. The van der Waals surface area contributed by atoms with E-state index in [-0.39, 0.29) is 6.04 Å². The summed E-state index contributed by atoms with van der Waals surface area (Å²) < 4.78 is 43.8. The maximum Gasteiger partial charge on any atom is 0.416 e. The van der Waals surface area contributed by atoms with E-state index in [9.17, 15) is 13.2 Å². The highest BCUT2D eigenvalue weighted by Crippen LogP contribution is 2.37. The van der Waals surface area contributed by atoms with E-state index in [0.29, 0.717) is 5.92 Å². The Kier molecular flexibility index (Phi) is 5.24. The number of ether oxygens (including phenoxy) is 1. The van der Waals surface area contributed by atoms with Crippen LogP contribution in [0.1, 0.15) is 30.0 Å². The molecule has 2 aliphatic heterocycles. The monoisotopic (exact) mass is 328 g/mol. The molecule has 128 valence electrons. The topological polar surface area (TPSA) is 24.5 Å². The first-order chi connectivity index (χ1) is 11.1. The second kappa shape index (κ2) is 7.20. The smallest absolute Gasteiger partial charge is 0.381 e. The Morgan fingerprint density at radius 2 is 1.65 bits per heavy atom. The van der Waals surface area contributed by atoms with E-state index < -0.39 is 11.7 Å². The summed E-state index contributed by atoms with van der Waals surface area (Å²) in [7, 11) is 0. The van der Waals surface area contributed by atoms with Crippen molar-refractivity contribution < 1.29 is 17.9 Å². The van der Waals surface area contributed by atoms with Crippen molar-refractivity contribution in [3.05, 3.63) is 35.4 Å². The van der Waals surface area contributed by atoms with Crippen LogP contribution in [0.5, 0.6) is 0 Å². The Morgan fingerprint density at radius 1 is 1.04 bits per heavy atom. The predicted octanol–water partition coefficient (Wildman–Crippen LogP) is 3.08. The van der Waals surface area contributed by atoms with Gasteiger partial charge in [0.25, 0.3) is 0 Å². The van der Waals surface area contributed by atoms with Gasteiger partial charge in [-0.05, 0) is 36.5 Å². The average Bonchev–Trinajstić information content (AvgIpc) is 2.57. The number of nitrogens with zero attached hydrogens (tertiary/aromatic N) is 1. The standard InChI is InChI=1S/C17H23F3N2O/c18-17(19,20)15-3-1-13(2-4-15)16(14-5-11-23-12-6-14)22-9-7-21-8-10-22/h1-4,14,16,21H,5-12H2/t16-/m1/s1. The molecule has 3 nitrogen and oxygen atoms in total. The van der Waals surface area contributed by atoms with Gasteiger partial charge in [-0.2, -0.15) is 13.2 Å². The summed E-state index contributed by atoms with van der Waals surface area (Å²) in [6.45, 7) is 5.22. The van der Waals surface area contributed by atoms with Gasteiger partial charge in [0.2, 0.25) is 0 Å². The first-order valence-corrected chi connectivity index (χ1v) is 8.25. The van der Waals surface area contributed by atoms with Crippen LogP contribution < -0.4 is 5.32 Å². The molecule has 0 aliphatic carbocycles. The Morgan fingerprint density at radius 3 is 2.22 bits per heavy atom. The van der Waals surface area contributed by atoms with Crippen LogP contribution in [0.15, 0.2) is 24.3 Å². The lowest BCUT2D eigenvalue weighted by atomic mass is 9.85. The molecular formula is C17H23F3N2O. The number of piperazine rings is 1. The predicted molar refractivity (Wildman–Crippen MR) is 82.2 cm³/mol. The third-order valence-corrected chi connectivity index (χ3v) is 4.84. The molecule has 0 radical (unpaired) electrons. The number of alkyl halides is 3. The lowest BCUT2D eigenvalue weighted by Crippen LogP contribution is -2.47.